The van der Waals surface area contributed by atoms with Gasteiger partial charge in [0.05, 0.1) is 11.1 Å². The van der Waals surface area contributed by atoms with E-state index in [-0.39, 0.29) is 11.5 Å². The van der Waals surface area contributed by atoms with Gasteiger partial charge in [-0.25, -0.2) is 4.79 Å². The maximum Gasteiger partial charge on any atom is 0.336 e. The lowest BCUT2D eigenvalue weighted by Crippen LogP contribution is -2.39. The van der Waals surface area contributed by atoms with Crippen molar-refractivity contribution in [3.05, 3.63) is 35.4 Å². The fourth-order valence-electron chi connectivity index (χ4n) is 3.72. The zero-order valence-corrected chi connectivity index (χ0v) is 18.2. The summed E-state index contributed by atoms with van der Waals surface area (Å²) in [5.74, 6) is -0.253. The molecule has 0 fully saturated rings. The third-order valence-electron chi connectivity index (χ3n) is 5.72. The van der Waals surface area contributed by atoms with E-state index in [1.807, 2.05) is 4.90 Å². The second-order valence-corrected chi connectivity index (χ2v) is 7.89. The number of hydrogen-bond donors (Lipinski definition) is 1. The summed E-state index contributed by atoms with van der Waals surface area (Å²) in [6.45, 7) is 10.2. The van der Waals surface area contributed by atoms with Gasteiger partial charge in [0.2, 0.25) is 0 Å². The molecule has 2 atom stereocenters. The molecular weight excluding hydrogens is 350 g/mol. The van der Waals surface area contributed by atoms with Crippen LogP contribution in [0.5, 0.6) is 0 Å². The summed E-state index contributed by atoms with van der Waals surface area (Å²) >= 11 is 0. The number of carbonyl (C=O) groups excluding carboxylic acids is 1. The summed E-state index contributed by atoms with van der Waals surface area (Å²) in [5.41, 5.74) is 0.409. The largest absolute Gasteiger partial charge is 0.478 e. The molecule has 2 unspecified atom stereocenters. The molecule has 158 valence electrons. The van der Waals surface area contributed by atoms with Crippen LogP contribution in [0.1, 0.15) is 99.8 Å². The smallest absolute Gasteiger partial charge is 0.336 e. The van der Waals surface area contributed by atoms with Gasteiger partial charge in [-0.2, -0.15) is 0 Å². The van der Waals surface area contributed by atoms with E-state index in [1.165, 1.54) is 18.9 Å². The van der Waals surface area contributed by atoms with Crippen LogP contribution in [-0.2, 0) is 0 Å². The first-order valence-corrected chi connectivity index (χ1v) is 11.1. The summed E-state index contributed by atoms with van der Waals surface area (Å²) in [7, 11) is 0. The van der Waals surface area contributed by atoms with E-state index in [1.54, 1.807) is 18.2 Å². The van der Waals surface area contributed by atoms with Crippen molar-refractivity contribution < 1.29 is 14.7 Å². The summed E-state index contributed by atoms with van der Waals surface area (Å²) in [5, 5.41) is 9.51. The minimum Gasteiger partial charge on any atom is -0.478 e. The third-order valence-corrected chi connectivity index (χ3v) is 5.72. The van der Waals surface area contributed by atoms with Gasteiger partial charge in [0.1, 0.15) is 0 Å². The molecule has 4 nitrogen and oxygen atoms in total. The second kappa shape index (κ2) is 13.4. The number of carbonyl (C=O) groups is 2. The Morgan fingerprint density at radius 3 is 1.71 bits per heavy atom. The second-order valence-electron chi connectivity index (χ2n) is 7.89. The van der Waals surface area contributed by atoms with E-state index in [4.69, 9.17) is 0 Å². The molecule has 1 N–H and O–H groups in total. The van der Waals surface area contributed by atoms with Crippen molar-refractivity contribution in [2.45, 2.75) is 79.1 Å². The first-order chi connectivity index (χ1) is 13.5. The van der Waals surface area contributed by atoms with Crippen LogP contribution in [0.25, 0.3) is 0 Å². The lowest BCUT2D eigenvalue weighted by atomic mass is 9.94. The molecule has 4 heteroatoms. The van der Waals surface area contributed by atoms with E-state index < -0.39 is 5.97 Å². The van der Waals surface area contributed by atoms with Crippen molar-refractivity contribution in [3.8, 4) is 0 Å². The fraction of sp³-hybridized carbons (Fsp3) is 0.667. The molecule has 1 aromatic carbocycles. The maximum atomic E-state index is 13.4. The predicted molar refractivity (Wildman–Crippen MR) is 116 cm³/mol. The van der Waals surface area contributed by atoms with Gasteiger partial charge in [0, 0.05) is 13.1 Å². The van der Waals surface area contributed by atoms with E-state index in [0.717, 1.165) is 38.5 Å². The van der Waals surface area contributed by atoms with E-state index in [0.29, 0.717) is 30.5 Å². The Morgan fingerprint density at radius 1 is 0.857 bits per heavy atom. The molecule has 28 heavy (non-hydrogen) atoms. The van der Waals surface area contributed by atoms with Crippen molar-refractivity contribution >= 4 is 11.9 Å². The Bertz CT molecular complexity index is 581. The molecule has 0 bridgehead atoms. The highest BCUT2D eigenvalue weighted by molar-refractivity contribution is 6.04. The number of carboxylic acids is 1. The van der Waals surface area contributed by atoms with Crippen LogP contribution in [0.15, 0.2) is 24.3 Å². The van der Waals surface area contributed by atoms with Crippen molar-refractivity contribution in [3.63, 3.8) is 0 Å². The molecule has 0 aliphatic carbocycles. The van der Waals surface area contributed by atoms with Crippen LogP contribution in [0.4, 0.5) is 0 Å². The highest BCUT2D eigenvalue weighted by Gasteiger charge is 2.25. The van der Waals surface area contributed by atoms with Gasteiger partial charge < -0.3 is 10.0 Å². The highest BCUT2D eigenvalue weighted by atomic mass is 16.4. The SMILES string of the molecule is CCCCC(CC)CN(CC(CC)CCCC)C(=O)c1ccccc1C(=O)O. The molecule has 0 saturated heterocycles. The lowest BCUT2D eigenvalue weighted by Gasteiger charge is -2.31. The molecule has 1 rings (SSSR count). The Hall–Kier alpha value is -1.84. The average molecular weight is 390 g/mol. The van der Waals surface area contributed by atoms with Gasteiger partial charge in [-0.1, -0.05) is 78.4 Å². The van der Waals surface area contributed by atoms with Gasteiger partial charge in [-0.05, 0) is 36.8 Å². The summed E-state index contributed by atoms with van der Waals surface area (Å²) in [6, 6.07) is 6.60. The predicted octanol–water partition coefficient (Wildman–Crippen LogP) is 6.26. The van der Waals surface area contributed by atoms with E-state index in [9.17, 15) is 14.7 Å². The lowest BCUT2D eigenvalue weighted by molar-refractivity contribution is 0.0648. The minimum absolute atomic E-state index is 0.0979. The van der Waals surface area contributed by atoms with Gasteiger partial charge in [0.25, 0.3) is 5.91 Å². The average Bonchev–Trinajstić information content (AvgIpc) is 2.72. The van der Waals surface area contributed by atoms with E-state index in [2.05, 4.69) is 27.7 Å². The first kappa shape index (κ1) is 24.2. The Labute approximate surface area is 171 Å². The number of aromatic carboxylic acids is 1. The molecule has 0 radical (unpaired) electrons. The Morgan fingerprint density at radius 2 is 1.32 bits per heavy atom. The molecule has 1 aromatic rings. The van der Waals surface area contributed by atoms with Gasteiger partial charge >= 0.3 is 5.97 Å². The van der Waals surface area contributed by atoms with Crippen LogP contribution >= 0.6 is 0 Å². The third kappa shape index (κ3) is 7.65. The van der Waals surface area contributed by atoms with Crippen LogP contribution in [0.2, 0.25) is 0 Å². The first-order valence-electron chi connectivity index (χ1n) is 11.1. The minimum atomic E-state index is -1.04. The fourth-order valence-corrected chi connectivity index (χ4v) is 3.72. The molecule has 0 saturated carbocycles. The number of rotatable bonds is 14. The monoisotopic (exact) mass is 389 g/mol. The Balaban J connectivity index is 3.10. The van der Waals surface area contributed by atoms with E-state index >= 15 is 0 Å². The molecular formula is C24H39NO3. The molecule has 0 aliphatic rings. The van der Waals surface area contributed by atoms with Crippen molar-refractivity contribution in [2.75, 3.05) is 13.1 Å². The number of nitrogens with zero attached hydrogens (tertiary/aromatic N) is 1. The van der Waals surface area contributed by atoms with Gasteiger partial charge in [0.15, 0.2) is 0 Å². The highest BCUT2D eigenvalue weighted by Crippen LogP contribution is 2.22. The molecule has 0 spiro atoms. The van der Waals surface area contributed by atoms with Crippen LogP contribution in [-0.4, -0.2) is 35.0 Å². The number of unbranched alkanes of at least 4 members (excludes halogenated alkanes) is 2. The normalized spacial score (nSPS) is 13.1. The molecule has 0 heterocycles. The number of amides is 1. The zero-order valence-electron chi connectivity index (χ0n) is 18.2. The topological polar surface area (TPSA) is 57.6 Å². The van der Waals surface area contributed by atoms with Crippen molar-refractivity contribution in [1.29, 1.82) is 0 Å². The zero-order chi connectivity index (χ0) is 20.9. The molecule has 1 amide bonds. The van der Waals surface area contributed by atoms with Crippen molar-refractivity contribution in [2.24, 2.45) is 11.8 Å². The summed E-state index contributed by atoms with van der Waals surface area (Å²) in [4.78, 5) is 26.9. The Kier molecular flexibility index (Phi) is 11.5. The summed E-state index contributed by atoms with van der Waals surface area (Å²) in [6.07, 6.45) is 8.94. The number of hydrogen-bond acceptors (Lipinski definition) is 2. The summed E-state index contributed by atoms with van der Waals surface area (Å²) < 4.78 is 0. The van der Waals surface area contributed by atoms with Crippen LogP contribution in [0, 0.1) is 11.8 Å². The maximum absolute atomic E-state index is 13.4. The quantitative estimate of drug-likeness (QED) is 0.408. The number of benzene rings is 1. The van der Waals surface area contributed by atoms with Crippen LogP contribution in [0.3, 0.4) is 0 Å². The molecule has 0 aliphatic heterocycles. The van der Waals surface area contributed by atoms with Crippen LogP contribution < -0.4 is 0 Å². The standard InChI is InChI=1S/C24H39NO3/c1-5-9-13-19(7-3)17-25(18-20(8-4)14-10-6-2)23(26)21-15-11-12-16-22(21)24(27)28/h11-12,15-16,19-20H,5-10,13-14,17-18H2,1-4H3,(H,27,28). The van der Waals surface area contributed by atoms with Crippen molar-refractivity contribution in [1.82, 2.24) is 4.90 Å². The van der Waals surface area contributed by atoms with Gasteiger partial charge in [-0.15, -0.1) is 0 Å². The molecule has 0 aromatic heterocycles. The number of carboxylic acid groups (broad SMARTS) is 1. The van der Waals surface area contributed by atoms with Gasteiger partial charge in [-0.3, -0.25) is 4.79 Å².